The Morgan fingerprint density at radius 1 is 0.900 bits per heavy atom. The number of hydrogen-bond acceptors (Lipinski definition) is 4. The van der Waals surface area contributed by atoms with Crippen molar-refractivity contribution in [3.05, 3.63) is 59.9 Å². The van der Waals surface area contributed by atoms with E-state index in [1.807, 2.05) is 24.3 Å². The summed E-state index contributed by atoms with van der Waals surface area (Å²) in [5.41, 5.74) is 1.34. The summed E-state index contributed by atoms with van der Waals surface area (Å²) < 4.78 is 0. The molecule has 0 N–H and O–H groups in total. The van der Waals surface area contributed by atoms with Gasteiger partial charge in [-0.2, -0.15) is 10.5 Å². The second kappa shape index (κ2) is 4.79. The highest BCUT2D eigenvalue weighted by Gasteiger charge is 2.16. The van der Waals surface area contributed by atoms with Crippen LogP contribution in [-0.2, 0) is 0 Å². The van der Waals surface area contributed by atoms with Crippen LogP contribution in [0.5, 0.6) is 0 Å². The Kier molecular flexibility index (Phi) is 2.84. The fourth-order valence-corrected chi connectivity index (χ4v) is 2.21. The van der Waals surface area contributed by atoms with E-state index in [4.69, 9.17) is 0 Å². The van der Waals surface area contributed by atoms with E-state index in [1.54, 1.807) is 24.5 Å². The van der Waals surface area contributed by atoms with E-state index >= 15 is 0 Å². The molecular weight excluding hydrogens is 248 g/mol. The minimum Gasteiger partial charge on any atom is -0.237 e. The van der Waals surface area contributed by atoms with Crippen LogP contribution < -0.4 is 0 Å². The number of rotatable bonds is 1. The van der Waals surface area contributed by atoms with E-state index in [0.29, 0.717) is 22.5 Å². The summed E-state index contributed by atoms with van der Waals surface area (Å²) >= 11 is 0. The molecule has 0 fully saturated rings. The highest BCUT2D eigenvalue weighted by molar-refractivity contribution is 5.95. The largest absolute Gasteiger partial charge is 0.237 e. The third-order valence-electron chi connectivity index (χ3n) is 3.07. The third kappa shape index (κ3) is 1.77. The average Bonchev–Trinajstić information content (AvgIpc) is 2.53. The van der Waals surface area contributed by atoms with Gasteiger partial charge in [-0.15, -0.1) is 0 Å². The number of nitrogens with zero attached hydrogens (tertiary/aromatic N) is 4. The Hall–Kier alpha value is -3.24. The van der Waals surface area contributed by atoms with E-state index < -0.39 is 0 Å². The first kappa shape index (κ1) is 11.8. The van der Waals surface area contributed by atoms with Crippen molar-refractivity contribution in [2.24, 2.45) is 0 Å². The number of benzene rings is 2. The molecule has 0 atom stereocenters. The Morgan fingerprint density at radius 2 is 1.65 bits per heavy atom. The second-order valence-corrected chi connectivity index (χ2v) is 4.19. The maximum atomic E-state index is 9.48. The standard InChI is InChI=1S/C16H8N4/c17-9-12-8-11-4-1-2-5-13(11)14(10-18)15(12)16-19-6-3-7-20-16/h1-8H. The molecule has 0 spiro atoms. The molecule has 2 aromatic carbocycles. The maximum Gasteiger partial charge on any atom is 0.161 e. The van der Waals surface area contributed by atoms with Crippen molar-refractivity contribution in [2.45, 2.75) is 0 Å². The fraction of sp³-hybridized carbons (Fsp3) is 0. The molecule has 0 radical (unpaired) electrons. The second-order valence-electron chi connectivity index (χ2n) is 4.19. The van der Waals surface area contributed by atoms with E-state index in [2.05, 4.69) is 22.1 Å². The van der Waals surface area contributed by atoms with E-state index in [9.17, 15) is 10.5 Å². The van der Waals surface area contributed by atoms with Crippen molar-refractivity contribution in [3.63, 3.8) is 0 Å². The van der Waals surface area contributed by atoms with E-state index in [-0.39, 0.29) is 0 Å². The molecule has 20 heavy (non-hydrogen) atoms. The van der Waals surface area contributed by atoms with Crippen LogP contribution in [0.3, 0.4) is 0 Å². The summed E-state index contributed by atoms with van der Waals surface area (Å²) in [4.78, 5) is 8.32. The summed E-state index contributed by atoms with van der Waals surface area (Å²) in [5.74, 6) is 0.395. The maximum absolute atomic E-state index is 9.48. The monoisotopic (exact) mass is 256 g/mol. The lowest BCUT2D eigenvalue weighted by Crippen LogP contribution is -1.96. The molecule has 4 heteroatoms. The summed E-state index contributed by atoms with van der Waals surface area (Å²) in [5, 5.41) is 20.5. The first-order valence-corrected chi connectivity index (χ1v) is 5.98. The zero-order chi connectivity index (χ0) is 13.9. The molecule has 0 aliphatic carbocycles. The summed E-state index contributed by atoms with van der Waals surface area (Å²) in [6.07, 6.45) is 3.19. The highest BCUT2D eigenvalue weighted by atomic mass is 14.9. The van der Waals surface area contributed by atoms with Gasteiger partial charge in [0.05, 0.1) is 22.8 Å². The van der Waals surface area contributed by atoms with Crippen LogP contribution in [0.2, 0.25) is 0 Å². The first-order valence-electron chi connectivity index (χ1n) is 5.98. The molecule has 4 nitrogen and oxygen atoms in total. The number of nitriles is 2. The highest BCUT2D eigenvalue weighted by Crippen LogP contribution is 2.31. The van der Waals surface area contributed by atoms with Gasteiger partial charge in [0, 0.05) is 17.8 Å². The van der Waals surface area contributed by atoms with Crippen LogP contribution >= 0.6 is 0 Å². The van der Waals surface area contributed by atoms with Gasteiger partial charge in [0.2, 0.25) is 0 Å². The van der Waals surface area contributed by atoms with Gasteiger partial charge in [-0.25, -0.2) is 9.97 Å². The summed E-state index contributed by atoms with van der Waals surface area (Å²) in [6.45, 7) is 0. The van der Waals surface area contributed by atoms with Crippen LogP contribution in [0.4, 0.5) is 0 Å². The quantitative estimate of drug-likeness (QED) is 0.670. The Morgan fingerprint density at radius 3 is 2.35 bits per heavy atom. The van der Waals surface area contributed by atoms with Crippen molar-refractivity contribution in [1.82, 2.24) is 9.97 Å². The molecule has 1 heterocycles. The lowest BCUT2D eigenvalue weighted by Gasteiger charge is -2.08. The smallest absolute Gasteiger partial charge is 0.161 e. The number of fused-ring (bicyclic) bond motifs is 1. The molecule has 3 rings (SSSR count). The predicted octanol–water partition coefficient (Wildman–Crippen LogP) is 3.04. The van der Waals surface area contributed by atoms with Gasteiger partial charge in [0.25, 0.3) is 0 Å². The molecule has 0 aliphatic rings. The predicted molar refractivity (Wildman–Crippen MR) is 74.4 cm³/mol. The minimum absolute atomic E-state index is 0.395. The third-order valence-corrected chi connectivity index (χ3v) is 3.07. The van der Waals surface area contributed by atoms with Gasteiger partial charge in [0.1, 0.15) is 6.07 Å². The first-order chi connectivity index (χ1) is 9.85. The van der Waals surface area contributed by atoms with Gasteiger partial charge >= 0.3 is 0 Å². The van der Waals surface area contributed by atoms with Crippen LogP contribution in [0.25, 0.3) is 22.2 Å². The molecule has 0 bridgehead atoms. The van der Waals surface area contributed by atoms with Gasteiger partial charge in [-0.3, -0.25) is 0 Å². The van der Waals surface area contributed by atoms with Crippen LogP contribution in [0, 0.1) is 22.7 Å². The van der Waals surface area contributed by atoms with Gasteiger partial charge in [0.15, 0.2) is 5.82 Å². The number of hydrogen-bond donors (Lipinski definition) is 0. The van der Waals surface area contributed by atoms with Gasteiger partial charge in [-0.1, -0.05) is 24.3 Å². The SMILES string of the molecule is N#Cc1cc2ccccc2c(C#N)c1-c1ncccn1. The summed E-state index contributed by atoms with van der Waals surface area (Å²) in [7, 11) is 0. The lowest BCUT2D eigenvalue weighted by atomic mass is 9.94. The fourth-order valence-electron chi connectivity index (χ4n) is 2.21. The topological polar surface area (TPSA) is 73.4 Å². The zero-order valence-electron chi connectivity index (χ0n) is 10.4. The van der Waals surface area contributed by atoms with Crippen molar-refractivity contribution < 1.29 is 0 Å². The zero-order valence-corrected chi connectivity index (χ0v) is 10.4. The minimum atomic E-state index is 0.395. The molecule has 0 unspecified atom stereocenters. The van der Waals surface area contributed by atoms with Gasteiger partial charge < -0.3 is 0 Å². The molecule has 92 valence electrons. The van der Waals surface area contributed by atoms with Crippen LogP contribution in [0.15, 0.2) is 48.8 Å². The normalized spacial score (nSPS) is 9.90. The van der Waals surface area contributed by atoms with Crippen molar-refractivity contribution in [1.29, 1.82) is 10.5 Å². The van der Waals surface area contributed by atoms with Crippen molar-refractivity contribution >= 4 is 10.8 Å². The Labute approximate surface area is 115 Å². The van der Waals surface area contributed by atoms with Crippen molar-refractivity contribution in [2.75, 3.05) is 0 Å². The summed E-state index contributed by atoms with van der Waals surface area (Å²) in [6, 6.07) is 15.3. The average molecular weight is 256 g/mol. The molecule has 3 aromatic rings. The van der Waals surface area contributed by atoms with E-state index in [0.717, 1.165) is 10.8 Å². The Bertz CT molecular complexity index is 871. The van der Waals surface area contributed by atoms with Crippen LogP contribution in [0.1, 0.15) is 11.1 Å². The Balaban J connectivity index is 2.48. The molecule has 1 aromatic heterocycles. The molecule has 0 amide bonds. The molecule has 0 aliphatic heterocycles. The lowest BCUT2D eigenvalue weighted by molar-refractivity contribution is 1.17. The van der Waals surface area contributed by atoms with E-state index in [1.165, 1.54) is 0 Å². The molecule has 0 saturated heterocycles. The van der Waals surface area contributed by atoms with Gasteiger partial charge in [-0.05, 0) is 17.5 Å². The molecule has 0 saturated carbocycles. The van der Waals surface area contributed by atoms with Crippen LogP contribution in [-0.4, -0.2) is 9.97 Å². The van der Waals surface area contributed by atoms with Crippen molar-refractivity contribution in [3.8, 4) is 23.5 Å². The molecular formula is C16H8N4. The number of aromatic nitrogens is 2.